The summed E-state index contributed by atoms with van der Waals surface area (Å²) in [5.74, 6) is 0.804. The molecule has 1 aliphatic rings. The molecule has 25 heavy (non-hydrogen) atoms. The monoisotopic (exact) mass is 475 g/mol. The van der Waals surface area contributed by atoms with Crippen molar-refractivity contribution in [3.63, 3.8) is 0 Å². The number of guanidine groups is 1. The van der Waals surface area contributed by atoms with Gasteiger partial charge in [-0.3, -0.25) is 4.99 Å². The van der Waals surface area contributed by atoms with Crippen molar-refractivity contribution in [2.75, 3.05) is 38.6 Å². The molecule has 0 bridgehead atoms. The number of benzene rings is 1. The number of hydrogen-bond donors (Lipinski definition) is 3. The Labute approximate surface area is 169 Å². The van der Waals surface area contributed by atoms with Crippen molar-refractivity contribution in [3.8, 4) is 0 Å². The number of ether oxygens (including phenoxy) is 1. The van der Waals surface area contributed by atoms with Gasteiger partial charge in [0, 0.05) is 33.3 Å². The molecular formula is C17H26IN5OS. The maximum absolute atomic E-state index is 5.78. The molecule has 1 aromatic carbocycles. The van der Waals surface area contributed by atoms with E-state index in [2.05, 4.69) is 38.9 Å². The lowest BCUT2D eigenvalue weighted by molar-refractivity contribution is 0.0243. The molecule has 1 fully saturated rings. The second-order valence-electron chi connectivity index (χ2n) is 6.17. The molecule has 0 amide bonds. The minimum atomic E-state index is -0.0726. The Morgan fingerprint density at radius 3 is 2.88 bits per heavy atom. The molecule has 0 aliphatic carbocycles. The molecule has 8 heteroatoms. The molecule has 2 heterocycles. The third-order valence-electron chi connectivity index (χ3n) is 4.14. The van der Waals surface area contributed by atoms with Crippen molar-refractivity contribution in [1.82, 2.24) is 15.6 Å². The van der Waals surface area contributed by atoms with Gasteiger partial charge in [0.25, 0.3) is 0 Å². The summed E-state index contributed by atoms with van der Waals surface area (Å²) in [4.78, 5) is 8.82. The fourth-order valence-corrected chi connectivity index (χ4v) is 3.66. The van der Waals surface area contributed by atoms with E-state index in [9.17, 15) is 0 Å². The minimum absolute atomic E-state index is 0. The van der Waals surface area contributed by atoms with Crippen LogP contribution in [0.25, 0.3) is 10.2 Å². The Morgan fingerprint density at radius 1 is 1.32 bits per heavy atom. The highest BCUT2D eigenvalue weighted by molar-refractivity contribution is 14.0. The number of aliphatic imine (C=N–C) groups is 1. The maximum atomic E-state index is 5.78. The largest absolute Gasteiger partial charge is 0.373 e. The van der Waals surface area contributed by atoms with E-state index >= 15 is 0 Å². The predicted molar refractivity (Wildman–Crippen MR) is 116 cm³/mol. The summed E-state index contributed by atoms with van der Waals surface area (Å²) < 4.78 is 6.99. The topological polar surface area (TPSA) is 70.6 Å². The summed E-state index contributed by atoms with van der Waals surface area (Å²) in [6.07, 6.45) is 2.23. The molecule has 1 aliphatic heterocycles. The van der Waals surface area contributed by atoms with E-state index in [0.29, 0.717) is 0 Å². The van der Waals surface area contributed by atoms with Crippen LogP contribution in [0.4, 0.5) is 5.13 Å². The summed E-state index contributed by atoms with van der Waals surface area (Å²) in [5, 5.41) is 11.0. The molecule has 138 valence electrons. The highest BCUT2D eigenvalue weighted by atomic mass is 127. The average molecular weight is 475 g/mol. The van der Waals surface area contributed by atoms with Crippen LogP contribution in [0, 0.1) is 0 Å². The lowest BCUT2D eigenvalue weighted by atomic mass is 10.0. The van der Waals surface area contributed by atoms with Crippen molar-refractivity contribution >= 4 is 56.6 Å². The van der Waals surface area contributed by atoms with E-state index in [0.717, 1.165) is 55.7 Å². The van der Waals surface area contributed by atoms with Gasteiger partial charge >= 0.3 is 0 Å². The number of halogens is 1. The van der Waals surface area contributed by atoms with Gasteiger partial charge in [-0.25, -0.2) is 4.98 Å². The van der Waals surface area contributed by atoms with Crippen LogP contribution in [0.1, 0.15) is 19.8 Å². The van der Waals surface area contributed by atoms with E-state index < -0.39 is 0 Å². The summed E-state index contributed by atoms with van der Waals surface area (Å²) in [5.41, 5.74) is 0.969. The van der Waals surface area contributed by atoms with Crippen LogP contribution >= 0.6 is 35.3 Å². The van der Waals surface area contributed by atoms with Gasteiger partial charge in [0.2, 0.25) is 0 Å². The van der Waals surface area contributed by atoms with E-state index in [1.165, 1.54) is 4.70 Å². The van der Waals surface area contributed by atoms with E-state index in [4.69, 9.17) is 4.74 Å². The van der Waals surface area contributed by atoms with Crippen molar-refractivity contribution in [3.05, 3.63) is 24.3 Å². The summed E-state index contributed by atoms with van der Waals surface area (Å²) >= 11 is 1.68. The highest BCUT2D eigenvalue weighted by Gasteiger charge is 2.29. The molecule has 0 saturated carbocycles. The summed E-state index contributed by atoms with van der Waals surface area (Å²) in [6, 6.07) is 8.17. The van der Waals surface area contributed by atoms with Crippen LogP contribution < -0.4 is 16.0 Å². The number of hydrogen-bond acceptors (Lipinski definition) is 5. The number of rotatable bonds is 6. The minimum Gasteiger partial charge on any atom is -0.373 e. The Balaban J connectivity index is 0.00000225. The number of aromatic nitrogens is 1. The molecule has 0 radical (unpaired) electrons. The fraction of sp³-hybridized carbons (Fsp3) is 0.529. The van der Waals surface area contributed by atoms with E-state index in [1.54, 1.807) is 18.4 Å². The number of anilines is 1. The summed E-state index contributed by atoms with van der Waals surface area (Å²) in [7, 11) is 1.79. The SMILES string of the molecule is CN=C(NCCNc1nc2ccccc2s1)NCC1(C)CCCO1.I. The Hall–Kier alpha value is -1.13. The third-order valence-corrected chi connectivity index (χ3v) is 5.14. The van der Waals surface area contributed by atoms with Crippen molar-refractivity contribution in [2.45, 2.75) is 25.4 Å². The average Bonchev–Trinajstić information content (AvgIpc) is 3.20. The Morgan fingerprint density at radius 2 is 2.16 bits per heavy atom. The first kappa shape index (κ1) is 20.2. The molecule has 1 saturated heterocycles. The second kappa shape index (κ2) is 9.54. The fourth-order valence-electron chi connectivity index (χ4n) is 2.77. The van der Waals surface area contributed by atoms with E-state index in [1.807, 2.05) is 18.2 Å². The zero-order valence-corrected chi connectivity index (χ0v) is 17.8. The number of nitrogens with zero attached hydrogens (tertiary/aromatic N) is 2. The molecule has 3 rings (SSSR count). The van der Waals surface area contributed by atoms with Crippen LogP contribution in [0.2, 0.25) is 0 Å². The maximum Gasteiger partial charge on any atom is 0.191 e. The Kier molecular flexibility index (Phi) is 7.70. The lowest BCUT2D eigenvalue weighted by Gasteiger charge is -2.24. The van der Waals surface area contributed by atoms with Gasteiger partial charge in [-0.2, -0.15) is 0 Å². The number of thiazole rings is 1. The van der Waals surface area contributed by atoms with Gasteiger partial charge in [-0.05, 0) is 31.9 Å². The van der Waals surface area contributed by atoms with Gasteiger partial charge in [0.15, 0.2) is 11.1 Å². The quantitative estimate of drug-likeness (QED) is 0.259. The first-order valence-electron chi connectivity index (χ1n) is 8.36. The molecule has 6 nitrogen and oxygen atoms in total. The normalized spacial score (nSPS) is 20.3. The highest BCUT2D eigenvalue weighted by Crippen LogP contribution is 2.25. The lowest BCUT2D eigenvalue weighted by Crippen LogP contribution is -2.46. The first-order chi connectivity index (χ1) is 11.7. The zero-order chi connectivity index (χ0) is 16.8. The second-order valence-corrected chi connectivity index (χ2v) is 7.20. The van der Waals surface area contributed by atoms with Crippen LogP contribution in [0.3, 0.4) is 0 Å². The zero-order valence-electron chi connectivity index (χ0n) is 14.7. The van der Waals surface area contributed by atoms with Gasteiger partial charge in [0.1, 0.15) is 0 Å². The van der Waals surface area contributed by atoms with Crippen LogP contribution in [0.15, 0.2) is 29.3 Å². The van der Waals surface area contributed by atoms with Crippen molar-refractivity contribution < 1.29 is 4.74 Å². The van der Waals surface area contributed by atoms with Gasteiger partial charge < -0.3 is 20.7 Å². The molecule has 1 atom stereocenters. The predicted octanol–water partition coefficient (Wildman–Crippen LogP) is 3.06. The third kappa shape index (κ3) is 5.68. The van der Waals surface area contributed by atoms with Crippen molar-refractivity contribution in [1.29, 1.82) is 0 Å². The van der Waals surface area contributed by atoms with Crippen LogP contribution in [-0.4, -0.2) is 49.8 Å². The molecule has 0 spiro atoms. The number of para-hydroxylation sites is 1. The Bertz CT molecular complexity index is 666. The standard InChI is InChI=1S/C17H25N5OS.HI/c1-17(8-5-11-23-17)12-21-15(18-2)19-9-10-20-16-22-13-6-3-4-7-14(13)24-16;/h3-4,6-7H,5,8-12H2,1-2H3,(H,20,22)(H2,18,19,21);1H. The van der Waals surface area contributed by atoms with Crippen LogP contribution in [-0.2, 0) is 4.74 Å². The summed E-state index contributed by atoms with van der Waals surface area (Å²) in [6.45, 7) is 5.34. The molecule has 1 aromatic heterocycles. The van der Waals surface area contributed by atoms with Crippen LogP contribution in [0.5, 0.6) is 0 Å². The molecular weight excluding hydrogens is 449 g/mol. The van der Waals surface area contributed by atoms with Crippen molar-refractivity contribution in [2.24, 2.45) is 4.99 Å². The molecule has 2 aromatic rings. The molecule has 3 N–H and O–H groups in total. The molecule has 1 unspecified atom stereocenters. The number of nitrogens with one attached hydrogen (secondary N) is 3. The van der Waals surface area contributed by atoms with Gasteiger partial charge in [-0.15, -0.1) is 24.0 Å². The van der Waals surface area contributed by atoms with Gasteiger partial charge in [-0.1, -0.05) is 23.5 Å². The first-order valence-corrected chi connectivity index (χ1v) is 9.18. The smallest absolute Gasteiger partial charge is 0.191 e. The number of fused-ring (bicyclic) bond motifs is 1. The van der Waals surface area contributed by atoms with E-state index in [-0.39, 0.29) is 29.6 Å². The van der Waals surface area contributed by atoms with Gasteiger partial charge in [0.05, 0.1) is 15.8 Å².